The lowest BCUT2D eigenvalue weighted by Gasteiger charge is -1.99. The number of amides is 2. The number of carbonyl (C=O) groups is 1. The van der Waals surface area contributed by atoms with Crippen molar-refractivity contribution in [3.63, 3.8) is 0 Å². The summed E-state index contributed by atoms with van der Waals surface area (Å²) < 4.78 is 3.67. The van der Waals surface area contributed by atoms with E-state index >= 15 is 0 Å². The molecule has 0 radical (unpaired) electrons. The smallest absolute Gasteiger partial charge is 0.318 e. The number of anilines is 1. The molecule has 0 aliphatic rings. The van der Waals surface area contributed by atoms with Gasteiger partial charge in [-0.3, -0.25) is 5.32 Å². The first-order chi connectivity index (χ1) is 6.33. The number of hydrogen-bond donors (Lipinski definition) is 2. The normalized spacial score (nSPS) is 8.62. The molecule has 7 nitrogen and oxygen atoms in total. The van der Waals surface area contributed by atoms with Crippen molar-refractivity contribution in [3.05, 3.63) is 6.33 Å². The van der Waals surface area contributed by atoms with Gasteiger partial charge in [-0.1, -0.05) is 0 Å². The van der Waals surface area contributed by atoms with Gasteiger partial charge in [0.2, 0.25) is 11.2 Å². The Hall–Kier alpha value is -1.79. The highest BCUT2D eigenvalue weighted by Gasteiger charge is 2.01. The standard InChI is InChI=1S/C5H5N5O2S/c11-3-6-1-7-4(12)10-5-8-2-9-13-5/h2H,1H2,(H2,7,8,9,10,12). The third kappa shape index (κ3) is 3.41. The van der Waals surface area contributed by atoms with Crippen molar-refractivity contribution in [1.29, 1.82) is 0 Å². The Kier molecular flexibility index (Phi) is 3.55. The van der Waals surface area contributed by atoms with Crippen LogP contribution in [0.25, 0.3) is 0 Å². The molecule has 1 rings (SSSR count). The van der Waals surface area contributed by atoms with Crippen LogP contribution in [0.3, 0.4) is 0 Å². The van der Waals surface area contributed by atoms with Crippen LogP contribution < -0.4 is 10.6 Å². The molecule has 2 amide bonds. The molecule has 68 valence electrons. The van der Waals surface area contributed by atoms with E-state index in [2.05, 4.69) is 25.0 Å². The van der Waals surface area contributed by atoms with Crippen LogP contribution in [0.5, 0.6) is 0 Å². The summed E-state index contributed by atoms with van der Waals surface area (Å²) >= 11 is 1.05. The molecule has 0 aliphatic heterocycles. The molecule has 13 heavy (non-hydrogen) atoms. The fourth-order valence-corrected chi connectivity index (χ4v) is 0.940. The lowest BCUT2D eigenvalue weighted by Crippen LogP contribution is -2.28. The van der Waals surface area contributed by atoms with Crippen molar-refractivity contribution < 1.29 is 9.59 Å². The highest BCUT2D eigenvalue weighted by molar-refractivity contribution is 7.09. The second-order valence-corrected chi connectivity index (χ2v) is 2.56. The molecule has 1 aromatic rings. The highest BCUT2D eigenvalue weighted by atomic mass is 32.1. The van der Waals surface area contributed by atoms with Gasteiger partial charge in [0, 0.05) is 11.5 Å². The molecule has 0 spiro atoms. The Morgan fingerprint density at radius 1 is 1.77 bits per heavy atom. The monoisotopic (exact) mass is 199 g/mol. The van der Waals surface area contributed by atoms with Crippen molar-refractivity contribution in [1.82, 2.24) is 14.7 Å². The molecule has 2 N–H and O–H groups in total. The van der Waals surface area contributed by atoms with E-state index in [1.807, 2.05) is 0 Å². The van der Waals surface area contributed by atoms with Crippen LogP contribution in [0.15, 0.2) is 11.3 Å². The molecule has 0 saturated carbocycles. The lowest BCUT2D eigenvalue weighted by atomic mass is 10.9. The van der Waals surface area contributed by atoms with E-state index in [4.69, 9.17) is 0 Å². The third-order valence-electron chi connectivity index (χ3n) is 0.965. The van der Waals surface area contributed by atoms with Gasteiger partial charge in [0.1, 0.15) is 13.0 Å². The molecule has 0 saturated heterocycles. The topological polar surface area (TPSA) is 96.3 Å². The number of urea groups is 1. The van der Waals surface area contributed by atoms with Crippen molar-refractivity contribution in [2.24, 2.45) is 4.99 Å². The Morgan fingerprint density at radius 3 is 3.23 bits per heavy atom. The predicted octanol–water partition coefficient (Wildman–Crippen LogP) is -0.0471. The minimum atomic E-state index is -0.490. The minimum absolute atomic E-state index is 0.103. The summed E-state index contributed by atoms with van der Waals surface area (Å²) in [5, 5.41) is 5.05. The van der Waals surface area contributed by atoms with Crippen LogP contribution >= 0.6 is 11.5 Å². The van der Waals surface area contributed by atoms with Gasteiger partial charge in [-0.25, -0.2) is 14.6 Å². The van der Waals surface area contributed by atoms with Gasteiger partial charge in [-0.15, -0.1) is 0 Å². The average molecular weight is 199 g/mol. The molecular weight excluding hydrogens is 194 g/mol. The SMILES string of the molecule is O=C=NCNC(=O)Nc1ncns1. The van der Waals surface area contributed by atoms with Gasteiger partial charge >= 0.3 is 6.03 Å². The van der Waals surface area contributed by atoms with Crippen molar-refractivity contribution >= 4 is 28.8 Å². The summed E-state index contributed by atoms with van der Waals surface area (Å²) in [7, 11) is 0. The highest BCUT2D eigenvalue weighted by Crippen LogP contribution is 2.05. The summed E-state index contributed by atoms with van der Waals surface area (Å²) in [6.45, 7) is -0.103. The van der Waals surface area contributed by atoms with E-state index in [1.165, 1.54) is 12.4 Å². The number of nitrogens with one attached hydrogen (secondary N) is 2. The largest absolute Gasteiger partial charge is 0.322 e. The van der Waals surface area contributed by atoms with Crippen LogP contribution in [0.2, 0.25) is 0 Å². The van der Waals surface area contributed by atoms with Gasteiger partial charge < -0.3 is 5.32 Å². The summed E-state index contributed by atoms with van der Waals surface area (Å²) in [6.07, 6.45) is 2.61. The van der Waals surface area contributed by atoms with Crippen molar-refractivity contribution in [2.75, 3.05) is 12.0 Å². The number of carbonyl (C=O) groups excluding carboxylic acids is 2. The van der Waals surface area contributed by atoms with E-state index in [9.17, 15) is 9.59 Å². The second kappa shape index (κ2) is 4.96. The van der Waals surface area contributed by atoms with Gasteiger partial charge in [0.15, 0.2) is 0 Å². The van der Waals surface area contributed by atoms with Crippen LogP contribution in [-0.4, -0.2) is 28.1 Å². The zero-order valence-corrected chi connectivity index (χ0v) is 7.17. The second-order valence-electron chi connectivity index (χ2n) is 1.78. The molecule has 0 bridgehead atoms. The zero-order valence-electron chi connectivity index (χ0n) is 6.35. The van der Waals surface area contributed by atoms with E-state index in [1.54, 1.807) is 0 Å². The number of isocyanates is 1. The molecule has 8 heteroatoms. The Bertz CT molecular complexity index is 318. The van der Waals surface area contributed by atoms with Gasteiger partial charge in [-0.05, 0) is 0 Å². The number of aromatic nitrogens is 2. The summed E-state index contributed by atoms with van der Waals surface area (Å²) in [4.78, 5) is 27.4. The van der Waals surface area contributed by atoms with Crippen LogP contribution in [-0.2, 0) is 4.79 Å². The molecule has 1 aromatic heterocycles. The van der Waals surface area contributed by atoms with E-state index in [-0.39, 0.29) is 6.67 Å². The molecule has 0 unspecified atom stereocenters. The average Bonchev–Trinajstić information content (AvgIpc) is 2.57. The van der Waals surface area contributed by atoms with Gasteiger partial charge in [0.05, 0.1) is 0 Å². The van der Waals surface area contributed by atoms with Gasteiger partial charge in [0.25, 0.3) is 0 Å². The zero-order chi connectivity index (χ0) is 9.52. The fourth-order valence-electron chi connectivity index (χ4n) is 0.513. The molecular formula is C5H5N5O2S. The first-order valence-electron chi connectivity index (χ1n) is 3.18. The van der Waals surface area contributed by atoms with E-state index in [0.717, 1.165) is 11.5 Å². The summed E-state index contributed by atoms with van der Waals surface area (Å²) in [5.74, 6) is 0. The van der Waals surface area contributed by atoms with E-state index < -0.39 is 6.03 Å². The van der Waals surface area contributed by atoms with Crippen LogP contribution in [0.1, 0.15) is 0 Å². The number of rotatable bonds is 3. The number of aliphatic imine (C=N–C) groups is 1. The maximum atomic E-state index is 10.9. The number of nitrogens with zero attached hydrogens (tertiary/aromatic N) is 3. The Morgan fingerprint density at radius 2 is 2.62 bits per heavy atom. The predicted molar refractivity (Wildman–Crippen MR) is 45.1 cm³/mol. The summed E-state index contributed by atoms with van der Waals surface area (Å²) in [6, 6.07) is -0.490. The lowest BCUT2D eigenvalue weighted by molar-refractivity contribution is 0.252. The summed E-state index contributed by atoms with van der Waals surface area (Å²) in [5.41, 5.74) is 0. The first-order valence-corrected chi connectivity index (χ1v) is 3.95. The Balaban J connectivity index is 2.30. The fraction of sp³-hybridized carbons (Fsp3) is 0.200. The number of hydrogen-bond acceptors (Lipinski definition) is 6. The Labute approximate surface area is 77.1 Å². The molecule has 0 aliphatic carbocycles. The molecule has 0 atom stereocenters. The van der Waals surface area contributed by atoms with Crippen molar-refractivity contribution in [3.8, 4) is 0 Å². The van der Waals surface area contributed by atoms with Crippen LogP contribution in [0, 0.1) is 0 Å². The maximum Gasteiger partial charge on any atom is 0.322 e. The molecule has 0 aromatic carbocycles. The molecule has 1 heterocycles. The van der Waals surface area contributed by atoms with E-state index in [0.29, 0.717) is 5.13 Å². The minimum Gasteiger partial charge on any atom is -0.318 e. The first kappa shape index (κ1) is 9.30. The quantitative estimate of drug-likeness (QED) is 0.527. The van der Waals surface area contributed by atoms with Gasteiger partial charge in [-0.2, -0.15) is 9.37 Å². The van der Waals surface area contributed by atoms with Crippen molar-refractivity contribution in [2.45, 2.75) is 0 Å². The van der Waals surface area contributed by atoms with Crippen LogP contribution in [0.4, 0.5) is 9.93 Å². The maximum absolute atomic E-state index is 10.9. The molecule has 0 fully saturated rings. The third-order valence-corrected chi connectivity index (χ3v) is 1.55.